The van der Waals surface area contributed by atoms with Crippen LogP contribution in [-0.4, -0.2) is 11.2 Å². The van der Waals surface area contributed by atoms with Gasteiger partial charge in [-0.05, 0) is 56.8 Å². The second-order valence-corrected chi connectivity index (χ2v) is 5.56. The molecular formula is C12H20O. The van der Waals surface area contributed by atoms with Crippen molar-refractivity contribution >= 4 is 0 Å². The highest BCUT2D eigenvalue weighted by atomic mass is 16.3. The number of rotatable bonds is 1. The third kappa shape index (κ3) is 0.823. The fourth-order valence-electron chi connectivity index (χ4n) is 4.99. The predicted octanol–water partition coefficient (Wildman–Crippen LogP) is 2.58. The Morgan fingerprint density at radius 3 is 2.85 bits per heavy atom. The van der Waals surface area contributed by atoms with Gasteiger partial charge in [0.2, 0.25) is 0 Å². The Labute approximate surface area is 80.5 Å². The highest BCUT2D eigenvalue weighted by Crippen LogP contribution is 2.67. The molecule has 1 heteroatoms. The number of hydrogen-bond donors (Lipinski definition) is 1. The number of aliphatic hydroxyl groups is 1. The smallest absolute Gasteiger partial charge is 0.0573 e. The van der Waals surface area contributed by atoms with E-state index < -0.39 is 0 Å². The van der Waals surface area contributed by atoms with Gasteiger partial charge >= 0.3 is 0 Å². The minimum absolute atomic E-state index is 0.0460. The Kier molecular flexibility index (Phi) is 1.59. The maximum Gasteiger partial charge on any atom is 0.0573 e. The Hall–Kier alpha value is -0.0400. The molecule has 0 aromatic carbocycles. The maximum atomic E-state index is 10.0. The molecule has 0 aliphatic heterocycles. The molecule has 0 heterocycles. The van der Waals surface area contributed by atoms with E-state index in [1.54, 1.807) is 0 Å². The van der Waals surface area contributed by atoms with Gasteiger partial charge in [-0.25, -0.2) is 0 Å². The molecule has 0 amide bonds. The van der Waals surface area contributed by atoms with Crippen LogP contribution in [0.1, 0.15) is 45.4 Å². The van der Waals surface area contributed by atoms with E-state index >= 15 is 0 Å². The zero-order valence-corrected chi connectivity index (χ0v) is 8.50. The summed E-state index contributed by atoms with van der Waals surface area (Å²) < 4.78 is 0. The summed E-state index contributed by atoms with van der Waals surface area (Å²) in [5.74, 6) is 2.76. The van der Waals surface area contributed by atoms with Crippen LogP contribution in [0.5, 0.6) is 0 Å². The number of aliphatic hydroxyl groups excluding tert-OH is 1. The lowest BCUT2D eigenvalue weighted by Gasteiger charge is -2.42. The SMILES string of the molecule is CC(O)C12CCCC1C1CCC2C1. The molecule has 0 aromatic heterocycles. The molecule has 3 fully saturated rings. The van der Waals surface area contributed by atoms with Crippen molar-refractivity contribution in [2.45, 2.75) is 51.6 Å². The van der Waals surface area contributed by atoms with Gasteiger partial charge in [-0.2, -0.15) is 0 Å². The first-order valence-electron chi connectivity index (χ1n) is 5.93. The van der Waals surface area contributed by atoms with Gasteiger partial charge in [-0.1, -0.05) is 6.42 Å². The van der Waals surface area contributed by atoms with Gasteiger partial charge in [0.15, 0.2) is 0 Å². The lowest BCUT2D eigenvalue weighted by Crippen LogP contribution is -2.41. The van der Waals surface area contributed by atoms with Gasteiger partial charge in [0, 0.05) is 5.41 Å². The van der Waals surface area contributed by atoms with Crippen molar-refractivity contribution < 1.29 is 5.11 Å². The minimum atomic E-state index is -0.0460. The molecule has 0 spiro atoms. The normalized spacial score (nSPS) is 55.4. The summed E-state index contributed by atoms with van der Waals surface area (Å²) in [6, 6.07) is 0. The summed E-state index contributed by atoms with van der Waals surface area (Å²) >= 11 is 0. The molecule has 0 radical (unpaired) electrons. The van der Waals surface area contributed by atoms with Gasteiger partial charge in [0.05, 0.1) is 6.10 Å². The standard InChI is InChI=1S/C12H20O/c1-8(13)12-6-2-3-11(12)9-4-5-10(12)7-9/h8-11,13H,2-7H2,1H3. The molecule has 3 aliphatic carbocycles. The van der Waals surface area contributed by atoms with E-state index in [4.69, 9.17) is 0 Å². The first-order chi connectivity index (χ1) is 6.25. The molecule has 1 nitrogen and oxygen atoms in total. The van der Waals surface area contributed by atoms with E-state index in [1.807, 2.05) is 6.92 Å². The minimum Gasteiger partial charge on any atom is -0.393 e. The number of fused-ring (bicyclic) bond motifs is 5. The van der Waals surface area contributed by atoms with Crippen LogP contribution in [0.25, 0.3) is 0 Å². The number of hydrogen-bond acceptors (Lipinski definition) is 1. The molecule has 74 valence electrons. The van der Waals surface area contributed by atoms with Crippen molar-refractivity contribution in [3.63, 3.8) is 0 Å². The average molecular weight is 180 g/mol. The van der Waals surface area contributed by atoms with Gasteiger partial charge < -0.3 is 5.11 Å². The third-order valence-corrected chi connectivity index (χ3v) is 5.40. The molecule has 5 atom stereocenters. The Bertz CT molecular complexity index is 223. The molecule has 0 aromatic rings. The topological polar surface area (TPSA) is 20.2 Å². The lowest BCUT2D eigenvalue weighted by atomic mass is 9.65. The molecule has 5 unspecified atom stereocenters. The molecule has 3 aliphatic rings. The molecule has 1 N–H and O–H groups in total. The molecule has 0 saturated heterocycles. The summed E-state index contributed by atoms with van der Waals surface area (Å²) in [6.45, 7) is 2.04. The summed E-state index contributed by atoms with van der Waals surface area (Å²) in [5, 5.41) is 10.0. The highest BCUT2D eigenvalue weighted by Gasteiger charge is 2.61. The lowest BCUT2D eigenvalue weighted by molar-refractivity contribution is -0.0296. The fourth-order valence-corrected chi connectivity index (χ4v) is 4.99. The zero-order chi connectivity index (χ0) is 9.05. The monoisotopic (exact) mass is 180 g/mol. The van der Waals surface area contributed by atoms with Crippen molar-refractivity contribution in [2.75, 3.05) is 0 Å². The van der Waals surface area contributed by atoms with Gasteiger partial charge in [0.25, 0.3) is 0 Å². The first kappa shape index (κ1) is 8.28. The van der Waals surface area contributed by atoms with Crippen LogP contribution >= 0.6 is 0 Å². The fraction of sp³-hybridized carbons (Fsp3) is 1.00. The van der Waals surface area contributed by atoms with Crippen LogP contribution in [0.15, 0.2) is 0 Å². The van der Waals surface area contributed by atoms with Crippen molar-refractivity contribution in [3.8, 4) is 0 Å². The highest BCUT2D eigenvalue weighted by molar-refractivity contribution is 5.10. The first-order valence-corrected chi connectivity index (χ1v) is 5.93. The van der Waals surface area contributed by atoms with Crippen molar-refractivity contribution in [3.05, 3.63) is 0 Å². The van der Waals surface area contributed by atoms with E-state index in [9.17, 15) is 5.11 Å². The van der Waals surface area contributed by atoms with Crippen molar-refractivity contribution in [2.24, 2.45) is 23.2 Å². The zero-order valence-electron chi connectivity index (χ0n) is 8.50. The largest absolute Gasteiger partial charge is 0.393 e. The Morgan fingerprint density at radius 2 is 2.15 bits per heavy atom. The van der Waals surface area contributed by atoms with E-state index in [0.29, 0.717) is 5.41 Å². The van der Waals surface area contributed by atoms with Crippen LogP contribution in [0, 0.1) is 23.2 Å². The molecule has 13 heavy (non-hydrogen) atoms. The van der Waals surface area contributed by atoms with Crippen molar-refractivity contribution in [1.29, 1.82) is 0 Å². The van der Waals surface area contributed by atoms with E-state index in [0.717, 1.165) is 17.8 Å². The van der Waals surface area contributed by atoms with Crippen LogP contribution in [0.3, 0.4) is 0 Å². The van der Waals surface area contributed by atoms with E-state index in [2.05, 4.69) is 0 Å². The predicted molar refractivity (Wildman–Crippen MR) is 52.3 cm³/mol. The van der Waals surface area contributed by atoms with Crippen LogP contribution in [-0.2, 0) is 0 Å². The maximum absolute atomic E-state index is 10.0. The van der Waals surface area contributed by atoms with E-state index in [-0.39, 0.29) is 6.10 Å². The second-order valence-electron chi connectivity index (χ2n) is 5.56. The van der Waals surface area contributed by atoms with Crippen LogP contribution in [0.4, 0.5) is 0 Å². The molecule has 3 rings (SSSR count). The van der Waals surface area contributed by atoms with Crippen molar-refractivity contribution in [1.82, 2.24) is 0 Å². The average Bonchev–Trinajstić information content (AvgIpc) is 2.76. The third-order valence-electron chi connectivity index (χ3n) is 5.40. The molecule has 2 bridgehead atoms. The Morgan fingerprint density at radius 1 is 1.31 bits per heavy atom. The summed E-state index contributed by atoms with van der Waals surface area (Å²) in [6.07, 6.45) is 8.37. The van der Waals surface area contributed by atoms with Gasteiger partial charge in [0.1, 0.15) is 0 Å². The second kappa shape index (κ2) is 2.50. The molecular weight excluding hydrogens is 160 g/mol. The summed E-state index contributed by atoms with van der Waals surface area (Å²) in [5.41, 5.74) is 0.378. The quantitative estimate of drug-likeness (QED) is 0.657. The summed E-state index contributed by atoms with van der Waals surface area (Å²) in [4.78, 5) is 0. The Balaban J connectivity index is 1.99. The van der Waals surface area contributed by atoms with E-state index in [1.165, 1.54) is 38.5 Å². The van der Waals surface area contributed by atoms with Gasteiger partial charge in [-0.15, -0.1) is 0 Å². The summed E-state index contributed by atoms with van der Waals surface area (Å²) in [7, 11) is 0. The molecule has 3 saturated carbocycles. The van der Waals surface area contributed by atoms with Gasteiger partial charge in [-0.3, -0.25) is 0 Å². The van der Waals surface area contributed by atoms with Crippen LogP contribution in [0.2, 0.25) is 0 Å². The van der Waals surface area contributed by atoms with Crippen LogP contribution < -0.4 is 0 Å².